The highest BCUT2D eigenvalue weighted by atomic mass is 79.9. The Morgan fingerprint density at radius 3 is 2.50 bits per heavy atom. The minimum Gasteiger partial charge on any atom is -0.489 e. The Morgan fingerprint density at radius 1 is 1.04 bits per heavy atom. The molecule has 0 aliphatic heterocycles. The molecular formula is C23H21BrN2O2. The number of carbonyl (C=O) groups is 1. The van der Waals surface area contributed by atoms with Crippen molar-refractivity contribution in [2.24, 2.45) is 5.10 Å². The highest BCUT2D eigenvalue weighted by Gasteiger charge is 2.02. The van der Waals surface area contributed by atoms with Crippen LogP contribution in [0.25, 0.3) is 0 Å². The quantitative estimate of drug-likeness (QED) is 0.417. The minimum absolute atomic E-state index is 0.162. The number of rotatable bonds is 7. The average molecular weight is 437 g/mol. The molecule has 0 bridgehead atoms. The van der Waals surface area contributed by atoms with Crippen molar-refractivity contribution in [2.45, 2.75) is 20.0 Å². The molecule has 28 heavy (non-hydrogen) atoms. The zero-order valence-electron chi connectivity index (χ0n) is 15.6. The van der Waals surface area contributed by atoms with E-state index < -0.39 is 0 Å². The van der Waals surface area contributed by atoms with Crippen molar-refractivity contribution in [3.63, 3.8) is 0 Å². The molecule has 0 radical (unpaired) electrons. The molecule has 3 aromatic rings. The van der Waals surface area contributed by atoms with Gasteiger partial charge in [0.05, 0.1) is 12.6 Å². The lowest BCUT2D eigenvalue weighted by molar-refractivity contribution is -0.120. The van der Waals surface area contributed by atoms with Crippen molar-refractivity contribution in [2.75, 3.05) is 0 Å². The van der Waals surface area contributed by atoms with Crippen LogP contribution in [0.4, 0.5) is 0 Å². The van der Waals surface area contributed by atoms with Crippen molar-refractivity contribution in [3.8, 4) is 5.75 Å². The maximum absolute atomic E-state index is 12.0. The summed E-state index contributed by atoms with van der Waals surface area (Å²) in [4.78, 5) is 12.0. The van der Waals surface area contributed by atoms with E-state index in [1.54, 1.807) is 6.21 Å². The Hall–Kier alpha value is -2.92. The van der Waals surface area contributed by atoms with Gasteiger partial charge in [-0.1, -0.05) is 70.0 Å². The first-order valence-corrected chi connectivity index (χ1v) is 9.72. The lowest BCUT2D eigenvalue weighted by Gasteiger charge is -2.07. The third-order valence-corrected chi connectivity index (χ3v) is 4.59. The number of nitrogens with one attached hydrogen (secondary N) is 1. The molecule has 0 saturated carbocycles. The zero-order chi connectivity index (χ0) is 19.8. The molecule has 0 fully saturated rings. The first-order chi connectivity index (χ1) is 13.6. The van der Waals surface area contributed by atoms with Crippen LogP contribution in [-0.2, 0) is 17.8 Å². The molecular weight excluding hydrogens is 416 g/mol. The Labute approximate surface area is 173 Å². The average Bonchev–Trinajstić information content (AvgIpc) is 2.70. The number of amides is 1. The van der Waals surface area contributed by atoms with Gasteiger partial charge in [0.25, 0.3) is 0 Å². The summed E-state index contributed by atoms with van der Waals surface area (Å²) in [6.45, 7) is 2.57. The summed E-state index contributed by atoms with van der Waals surface area (Å²) in [5.74, 6) is 0.594. The van der Waals surface area contributed by atoms with E-state index in [-0.39, 0.29) is 12.3 Å². The van der Waals surface area contributed by atoms with Gasteiger partial charge in [0.2, 0.25) is 5.91 Å². The molecule has 0 heterocycles. The second-order valence-electron chi connectivity index (χ2n) is 6.44. The van der Waals surface area contributed by atoms with E-state index in [2.05, 4.69) is 57.6 Å². The number of nitrogens with zero attached hydrogens (tertiary/aromatic N) is 1. The third kappa shape index (κ3) is 6.35. The Morgan fingerprint density at radius 2 is 1.75 bits per heavy atom. The fourth-order valence-electron chi connectivity index (χ4n) is 2.54. The van der Waals surface area contributed by atoms with Crippen molar-refractivity contribution >= 4 is 28.1 Å². The normalized spacial score (nSPS) is 10.8. The van der Waals surface area contributed by atoms with E-state index in [9.17, 15) is 4.79 Å². The number of hydrogen-bond acceptors (Lipinski definition) is 3. The monoisotopic (exact) mass is 436 g/mol. The van der Waals surface area contributed by atoms with Crippen LogP contribution < -0.4 is 10.2 Å². The van der Waals surface area contributed by atoms with E-state index in [0.29, 0.717) is 6.61 Å². The van der Waals surface area contributed by atoms with Gasteiger partial charge in [0, 0.05) is 4.47 Å². The maximum Gasteiger partial charge on any atom is 0.244 e. The molecule has 0 aliphatic rings. The van der Waals surface area contributed by atoms with Gasteiger partial charge in [-0.15, -0.1) is 0 Å². The smallest absolute Gasteiger partial charge is 0.244 e. The molecule has 0 spiro atoms. The largest absolute Gasteiger partial charge is 0.489 e. The van der Waals surface area contributed by atoms with Crippen LogP contribution in [0.3, 0.4) is 0 Å². The van der Waals surface area contributed by atoms with Gasteiger partial charge in [-0.3, -0.25) is 4.79 Å². The molecule has 1 N–H and O–H groups in total. The highest BCUT2D eigenvalue weighted by Crippen LogP contribution is 2.15. The van der Waals surface area contributed by atoms with Crippen LogP contribution in [0.15, 0.2) is 82.4 Å². The number of carbonyl (C=O) groups excluding carboxylic acids is 1. The summed E-state index contributed by atoms with van der Waals surface area (Å²) >= 11 is 3.38. The lowest BCUT2D eigenvalue weighted by atomic mass is 10.1. The van der Waals surface area contributed by atoms with Crippen molar-refractivity contribution in [3.05, 3.63) is 99.5 Å². The van der Waals surface area contributed by atoms with Gasteiger partial charge < -0.3 is 4.74 Å². The Bertz CT molecular complexity index is 951. The van der Waals surface area contributed by atoms with E-state index >= 15 is 0 Å². The number of ether oxygens (including phenoxy) is 1. The van der Waals surface area contributed by atoms with Gasteiger partial charge in [-0.05, 0) is 47.9 Å². The Balaban J connectivity index is 1.51. The molecule has 0 unspecified atom stereocenters. The minimum atomic E-state index is -0.162. The first kappa shape index (κ1) is 19.8. The molecule has 5 heteroatoms. The molecule has 0 aromatic heterocycles. The van der Waals surface area contributed by atoms with Gasteiger partial charge >= 0.3 is 0 Å². The van der Waals surface area contributed by atoms with Crippen LogP contribution in [0.1, 0.15) is 22.3 Å². The summed E-state index contributed by atoms with van der Waals surface area (Å²) in [5.41, 5.74) is 6.68. The predicted molar refractivity (Wildman–Crippen MR) is 116 cm³/mol. The maximum atomic E-state index is 12.0. The van der Waals surface area contributed by atoms with Gasteiger partial charge in [0.1, 0.15) is 12.4 Å². The second kappa shape index (κ2) is 9.85. The van der Waals surface area contributed by atoms with E-state index in [1.807, 2.05) is 48.5 Å². The second-order valence-corrected chi connectivity index (χ2v) is 7.36. The first-order valence-electron chi connectivity index (χ1n) is 8.93. The molecule has 3 aromatic carbocycles. The topological polar surface area (TPSA) is 50.7 Å². The van der Waals surface area contributed by atoms with Gasteiger partial charge in [0.15, 0.2) is 0 Å². The summed E-state index contributed by atoms with van der Waals surface area (Å²) in [7, 11) is 0. The molecule has 142 valence electrons. The van der Waals surface area contributed by atoms with Crippen LogP contribution >= 0.6 is 15.9 Å². The summed E-state index contributed by atoms with van der Waals surface area (Å²) in [5, 5.41) is 4.03. The highest BCUT2D eigenvalue weighted by molar-refractivity contribution is 9.10. The molecule has 0 aliphatic carbocycles. The Kier molecular flexibility index (Phi) is 6.98. The zero-order valence-corrected chi connectivity index (χ0v) is 17.1. The van der Waals surface area contributed by atoms with E-state index in [4.69, 9.17) is 4.74 Å². The third-order valence-electron chi connectivity index (χ3n) is 4.07. The standard InChI is InChI=1S/C23H21BrN2O2/c1-17-5-7-19(8-6-17)16-28-22-4-2-3-20(13-22)15-25-26-23(27)14-18-9-11-21(24)12-10-18/h2-13,15H,14,16H2,1H3,(H,26,27)/b25-15+. The summed E-state index contributed by atoms with van der Waals surface area (Å²) in [6.07, 6.45) is 1.89. The lowest BCUT2D eigenvalue weighted by Crippen LogP contribution is -2.19. The molecule has 0 atom stereocenters. The number of benzene rings is 3. The number of halogens is 1. The number of aryl methyl sites for hydroxylation is 1. The van der Waals surface area contributed by atoms with Crippen LogP contribution in [-0.4, -0.2) is 12.1 Å². The van der Waals surface area contributed by atoms with Crippen LogP contribution in [0.5, 0.6) is 5.75 Å². The van der Waals surface area contributed by atoms with Gasteiger partial charge in [-0.25, -0.2) is 5.43 Å². The van der Waals surface area contributed by atoms with Crippen LogP contribution in [0.2, 0.25) is 0 Å². The van der Waals surface area contributed by atoms with Gasteiger partial charge in [-0.2, -0.15) is 5.10 Å². The molecule has 1 amide bonds. The fourth-order valence-corrected chi connectivity index (χ4v) is 2.81. The van der Waals surface area contributed by atoms with E-state index in [1.165, 1.54) is 5.56 Å². The van der Waals surface area contributed by atoms with Crippen molar-refractivity contribution in [1.82, 2.24) is 5.43 Å². The summed E-state index contributed by atoms with van der Waals surface area (Å²) in [6, 6.07) is 23.5. The predicted octanol–water partition coefficient (Wildman–Crippen LogP) is 5.03. The molecule has 4 nitrogen and oxygen atoms in total. The summed E-state index contributed by atoms with van der Waals surface area (Å²) < 4.78 is 6.82. The molecule has 3 rings (SSSR count). The fraction of sp³-hybridized carbons (Fsp3) is 0.130. The van der Waals surface area contributed by atoms with Crippen LogP contribution in [0, 0.1) is 6.92 Å². The molecule has 0 saturated heterocycles. The number of hydrogen-bond donors (Lipinski definition) is 1. The van der Waals surface area contributed by atoms with Crippen molar-refractivity contribution < 1.29 is 9.53 Å². The van der Waals surface area contributed by atoms with Crippen molar-refractivity contribution in [1.29, 1.82) is 0 Å². The number of hydrazone groups is 1. The SMILES string of the molecule is Cc1ccc(COc2cccc(/C=N/NC(=O)Cc3ccc(Br)cc3)c2)cc1. The van der Waals surface area contributed by atoms with E-state index in [0.717, 1.165) is 26.9 Å².